The first kappa shape index (κ1) is 17.5. The summed E-state index contributed by atoms with van der Waals surface area (Å²) < 4.78 is 7.06. The highest BCUT2D eigenvalue weighted by molar-refractivity contribution is 7.15. The van der Waals surface area contributed by atoms with E-state index in [2.05, 4.69) is 15.4 Å². The highest BCUT2D eigenvalue weighted by Crippen LogP contribution is 2.34. The molecule has 0 spiro atoms. The Kier molecular flexibility index (Phi) is 4.31. The third kappa shape index (κ3) is 3.14. The van der Waals surface area contributed by atoms with Crippen LogP contribution in [0.4, 0.5) is 11.6 Å². The predicted molar refractivity (Wildman–Crippen MR) is 102 cm³/mol. The van der Waals surface area contributed by atoms with Crippen LogP contribution in [0.1, 0.15) is 17.7 Å². The summed E-state index contributed by atoms with van der Waals surface area (Å²) in [7, 11) is 1.57. The van der Waals surface area contributed by atoms with Crippen molar-refractivity contribution >= 4 is 39.7 Å². The monoisotopic (exact) mass is 385 g/mol. The van der Waals surface area contributed by atoms with E-state index >= 15 is 0 Å². The lowest BCUT2D eigenvalue weighted by Gasteiger charge is -2.20. The zero-order valence-corrected chi connectivity index (χ0v) is 16.0. The van der Waals surface area contributed by atoms with Gasteiger partial charge in [-0.3, -0.25) is 14.9 Å². The number of hydrogen-bond donors (Lipinski definition) is 1. The number of fused-ring (bicyclic) bond motifs is 1. The summed E-state index contributed by atoms with van der Waals surface area (Å²) in [6, 6.07) is 5.64. The smallest absolute Gasteiger partial charge is 0.250 e. The minimum absolute atomic E-state index is 0.103. The summed E-state index contributed by atoms with van der Waals surface area (Å²) >= 11 is 1.46. The summed E-state index contributed by atoms with van der Waals surface area (Å²) in [5.41, 5.74) is 2.66. The summed E-state index contributed by atoms with van der Waals surface area (Å²) in [4.78, 5) is 31.8. The van der Waals surface area contributed by atoms with E-state index in [1.165, 1.54) is 11.3 Å². The van der Waals surface area contributed by atoms with Gasteiger partial charge in [0.15, 0.2) is 0 Å². The summed E-state index contributed by atoms with van der Waals surface area (Å²) in [6.07, 6.45) is 0.143. The van der Waals surface area contributed by atoms with Crippen LogP contribution in [0.25, 0.3) is 4.96 Å². The minimum Gasteiger partial charge on any atom is -0.495 e. The first-order chi connectivity index (χ1) is 13.0. The number of methoxy groups -OCH3 is 1. The molecule has 1 aliphatic rings. The van der Waals surface area contributed by atoms with Crippen LogP contribution in [0, 0.1) is 19.8 Å². The Morgan fingerprint density at radius 3 is 2.93 bits per heavy atom. The van der Waals surface area contributed by atoms with Crippen molar-refractivity contribution in [3.8, 4) is 5.75 Å². The maximum Gasteiger partial charge on any atom is 0.250 e. The molecule has 1 atom stereocenters. The Morgan fingerprint density at radius 1 is 1.37 bits per heavy atom. The van der Waals surface area contributed by atoms with Crippen molar-refractivity contribution in [3.63, 3.8) is 0 Å². The van der Waals surface area contributed by atoms with E-state index in [4.69, 9.17) is 4.74 Å². The van der Waals surface area contributed by atoms with Gasteiger partial charge in [-0.15, -0.1) is 16.4 Å². The normalized spacial score (nSPS) is 16.9. The SMILES string of the molecule is COc1ccc(C)cc1N1CC(C(=O)Nc2nc3scc(C)n3n2)CC1=O. The van der Waals surface area contributed by atoms with E-state index in [9.17, 15) is 9.59 Å². The van der Waals surface area contributed by atoms with E-state index in [1.54, 1.807) is 16.5 Å². The van der Waals surface area contributed by atoms with Crippen molar-refractivity contribution < 1.29 is 14.3 Å². The van der Waals surface area contributed by atoms with Gasteiger partial charge in [0.1, 0.15) is 5.75 Å². The number of nitrogens with zero attached hydrogens (tertiary/aromatic N) is 4. The summed E-state index contributed by atoms with van der Waals surface area (Å²) in [5.74, 6) is 0.0443. The molecule has 140 valence electrons. The number of benzene rings is 1. The van der Waals surface area contributed by atoms with Gasteiger partial charge in [-0.25, -0.2) is 4.52 Å². The average Bonchev–Trinajstić information content (AvgIpc) is 3.31. The van der Waals surface area contributed by atoms with Gasteiger partial charge in [0, 0.05) is 18.3 Å². The molecular formula is C18H19N5O3S. The molecule has 1 fully saturated rings. The molecule has 3 heterocycles. The van der Waals surface area contributed by atoms with E-state index in [-0.39, 0.29) is 24.2 Å². The molecule has 9 heteroatoms. The number of anilines is 2. The number of aromatic nitrogens is 3. The standard InChI is InChI=1S/C18H19N5O3S/c1-10-4-5-14(26-3)13(6-10)22-8-12(7-15(22)24)16(25)19-17-20-18-23(21-17)11(2)9-27-18/h4-6,9,12H,7-8H2,1-3H3,(H,19,21,25). The van der Waals surface area contributed by atoms with Crippen LogP contribution in [0.2, 0.25) is 0 Å². The second kappa shape index (κ2) is 6.66. The second-order valence-electron chi connectivity index (χ2n) is 6.58. The van der Waals surface area contributed by atoms with Crippen molar-refractivity contribution in [2.45, 2.75) is 20.3 Å². The fourth-order valence-corrected chi connectivity index (χ4v) is 3.98. The molecule has 8 nitrogen and oxygen atoms in total. The zero-order valence-electron chi connectivity index (χ0n) is 15.2. The first-order valence-electron chi connectivity index (χ1n) is 8.53. The molecular weight excluding hydrogens is 366 g/mol. The van der Waals surface area contributed by atoms with Crippen molar-refractivity contribution in [2.24, 2.45) is 5.92 Å². The third-order valence-corrected chi connectivity index (χ3v) is 5.54. The Bertz CT molecular complexity index is 1040. The highest BCUT2D eigenvalue weighted by atomic mass is 32.1. The number of thiazole rings is 1. The molecule has 1 unspecified atom stereocenters. The molecule has 2 amide bonds. The minimum atomic E-state index is -0.467. The molecule has 2 aromatic heterocycles. The van der Waals surface area contributed by atoms with Gasteiger partial charge >= 0.3 is 0 Å². The fraction of sp³-hybridized carbons (Fsp3) is 0.333. The second-order valence-corrected chi connectivity index (χ2v) is 7.41. The van der Waals surface area contributed by atoms with Gasteiger partial charge in [0.05, 0.1) is 24.4 Å². The number of hydrogen-bond acceptors (Lipinski definition) is 6. The predicted octanol–water partition coefficient (Wildman–Crippen LogP) is 2.41. The average molecular weight is 385 g/mol. The Labute approximate surface area is 159 Å². The first-order valence-corrected chi connectivity index (χ1v) is 9.41. The van der Waals surface area contributed by atoms with Crippen LogP contribution < -0.4 is 15.0 Å². The lowest BCUT2D eigenvalue weighted by Crippen LogP contribution is -2.28. The van der Waals surface area contributed by atoms with Gasteiger partial charge in [0.25, 0.3) is 0 Å². The molecule has 27 heavy (non-hydrogen) atoms. The van der Waals surface area contributed by atoms with Crippen molar-refractivity contribution in [3.05, 3.63) is 34.8 Å². The van der Waals surface area contributed by atoms with E-state index < -0.39 is 5.92 Å². The maximum absolute atomic E-state index is 12.6. The molecule has 3 aromatic rings. The highest BCUT2D eigenvalue weighted by Gasteiger charge is 2.36. The van der Waals surface area contributed by atoms with Crippen molar-refractivity contribution in [1.82, 2.24) is 14.6 Å². The van der Waals surface area contributed by atoms with E-state index in [1.807, 2.05) is 37.4 Å². The lowest BCUT2D eigenvalue weighted by molar-refractivity contribution is -0.122. The number of aryl methyl sites for hydroxylation is 2. The molecule has 1 aliphatic heterocycles. The number of carbonyl (C=O) groups excluding carboxylic acids is 2. The largest absolute Gasteiger partial charge is 0.495 e. The Morgan fingerprint density at radius 2 is 2.19 bits per heavy atom. The van der Waals surface area contributed by atoms with Gasteiger partial charge in [-0.2, -0.15) is 4.98 Å². The maximum atomic E-state index is 12.6. The van der Waals surface area contributed by atoms with Crippen LogP contribution in [0.5, 0.6) is 5.75 Å². The zero-order chi connectivity index (χ0) is 19.1. The van der Waals surface area contributed by atoms with Crippen LogP contribution in [-0.2, 0) is 9.59 Å². The summed E-state index contributed by atoms with van der Waals surface area (Å²) in [6.45, 7) is 4.17. The number of carbonyl (C=O) groups is 2. The summed E-state index contributed by atoms with van der Waals surface area (Å²) in [5, 5.41) is 8.97. The van der Waals surface area contributed by atoms with Crippen molar-refractivity contribution in [2.75, 3.05) is 23.9 Å². The molecule has 4 rings (SSSR count). The fourth-order valence-electron chi connectivity index (χ4n) is 3.18. The molecule has 1 N–H and O–H groups in total. The van der Waals surface area contributed by atoms with Crippen LogP contribution in [0.3, 0.4) is 0 Å². The number of amides is 2. The van der Waals surface area contributed by atoms with Crippen molar-refractivity contribution in [1.29, 1.82) is 0 Å². The van der Waals surface area contributed by atoms with Crippen LogP contribution >= 0.6 is 11.3 Å². The quantitative estimate of drug-likeness (QED) is 0.745. The van der Waals surface area contributed by atoms with E-state index in [0.29, 0.717) is 18.0 Å². The molecule has 0 aliphatic carbocycles. The van der Waals surface area contributed by atoms with Gasteiger partial charge < -0.3 is 9.64 Å². The van der Waals surface area contributed by atoms with Crippen LogP contribution in [0.15, 0.2) is 23.6 Å². The molecule has 0 bridgehead atoms. The third-order valence-electron chi connectivity index (χ3n) is 4.60. The number of rotatable bonds is 4. The Balaban J connectivity index is 1.51. The topological polar surface area (TPSA) is 88.8 Å². The molecule has 0 radical (unpaired) electrons. The number of nitrogens with one attached hydrogen (secondary N) is 1. The van der Waals surface area contributed by atoms with Gasteiger partial charge in [0.2, 0.25) is 22.7 Å². The van der Waals surface area contributed by atoms with Gasteiger partial charge in [-0.1, -0.05) is 6.07 Å². The number of ether oxygens (including phenoxy) is 1. The van der Waals surface area contributed by atoms with Crippen LogP contribution in [-0.4, -0.2) is 40.1 Å². The van der Waals surface area contributed by atoms with E-state index in [0.717, 1.165) is 16.2 Å². The molecule has 1 aromatic carbocycles. The lowest BCUT2D eigenvalue weighted by atomic mass is 10.1. The Hall–Kier alpha value is -2.94. The molecule has 1 saturated heterocycles. The van der Waals surface area contributed by atoms with Gasteiger partial charge in [-0.05, 0) is 31.5 Å². The molecule has 0 saturated carbocycles.